The molecule has 6 rings (SSSR count). The third kappa shape index (κ3) is 8.05. The molecular formula is C44H52MgN4O6-2. The minimum absolute atomic E-state index is 0. The molecule has 1 aliphatic carbocycles. The maximum absolute atomic E-state index is 14.2. The number of carbonyl (C=O) groups excluding carboxylic acids is 4. The van der Waals surface area contributed by atoms with Crippen molar-refractivity contribution in [2.75, 3.05) is 13.7 Å². The number of ketones is 1. The Morgan fingerprint density at radius 1 is 0.945 bits per heavy atom. The van der Waals surface area contributed by atoms with E-state index < -0.39 is 17.7 Å². The summed E-state index contributed by atoms with van der Waals surface area (Å²) in [4.78, 5) is 67.9. The van der Waals surface area contributed by atoms with E-state index in [1.165, 1.54) is 12.7 Å². The molecule has 0 amide bonds. The van der Waals surface area contributed by atoms with Gasteiger partial charge in [0.2, 0.25) is 0 Å². The number of aromatic nitrogens is 3. The molecule has 1 saturated heterocycles. The van der Waals surface area contributed by atoms with Crippen LogP contribution in [0.15, 0.2) is 29.6 Å². The Labute approximate surface area is 340 Å². The Morgan fingerprint density at radius 2 is 1.64 bits per heavy atom. The van der Waals surface area contributed by atoms with Crippen molar-refractivity contribution in [1.29, 1.82) is 0 Å². The van der Waals surface area contributed by atoms with Crippen molar-refractivity contribution in [3.63, 3.8) is 0 Å². The van der Waals surface area contributed by atoms with Crippen LogP contribution in [0.2, 0.25) is 0 Å². The molecule has 2 aliphatic heterocycles. The monoisotopic (exact) mass is 756 g/mol. The van der Waals surface area contributed by atoms with Gasteiger partial charge in [0.15, 0.2) is 5.78 Å². The molecule has 55 heavy (non-hydrogen) atoms. The van der Waals surface area contributed by atoms with Gasteiger partial charge in [0.25, 0.3) is 0 Å². The number of fused-ring (bicyclic) bond motifs is 7. The number of rotatable bonds is 11. The van der Waals surface area contributed by atoms with Crippen LogP contribution in [0, 0.1) is 31.6 Å². The maximum atomic E-state index is 14.2. The molecule has 5 heterocycles. The van der Waals surface area contributed by atoms with Gasteiger partial charge < -0.3 is 29.7 Å². The second kappa shape index (κ2) is 18.3. The van der Waals surface area contributed by atoms with Crippen molar-refractivity contribution in [2.24, 2.45) is 17.8 Å². The molecule has 288 valence electrons. The Kier molecular flexibility index (Phi) is 14.9. The third-order valence-corrected chi connectivity index (χ3v) is 10.6. The zero-order valence-corrected chi connectivity index (χ0v) is 33.0. The minimum Gasteiger partial charge on any atom is -0.664 e. The van der Waals surface area contributed by atoms with E-state index in [0.29, 0.717) is 80.0 Å². The molecule has 11 heteroatoms. The molecule has 0 unspecified atom stereocenters. The van der Waals surface area contributed by atoms with Crippen LogP contribution in [0.4, 0.5) is 0 Å². The van der Waals surface area contributed by atoms with Crippen LogP contribution in [-0.4, -0.2) is 60.8 Å². The number of aldehydes is 1. The summed E-state index contributed by atoms with van der Waals surface area (Å²) in [5, 5.41) is 6.19. The number of methoxy groups -OCH3 is 1. The van der Waals surface area contributed by atoms with Gasteiger partial charge in [-0.1, -0.05) is 101 Å². The van der Waals surface area contributed by atoms with Crippen LogP contribution in [0.25, 0.3) is 35.2 Å². The minimum atomic E-state index is -1.26. The number of esters is 2. The molecule has 1 fully saturated rings. The van der Waals surface area contributed by atoms with Crippen LogP contribution >= 0.6 is 0 Å². The molecule has 3 aromatic rings. The quantitative estimate of drug-likeness (QED) is 0.0704. The number of ether oxygens (including phenoxy) is 2. The Balaban J connectivity index is 0.00000271. The molecular weight excluding hydrogens is 705 g/mol. The molecule has 0 saturated carbocycles. The third-order valence-electron chi connectivity index (χ3n) is 10.6. The maximum Gasteiger partial charge on any atom is 2.00 e. The van der Waals surface area contributed by atoms with Crippen molar-refractivity contribution in [1.82, 2.24) is 15.0 Å². The number of allylic oxidation sites excluding steroid dienone is 3. The van der Waals surface area contributed by atoms with Gasteiger partial charge in [0.05, 0.1) is 7.11 Å². The van der Waals surface area contributed by atoms with Crippen LogP contribution in [0.5, 0.6) is 0 Å². The SMILES string of the molecule is C.C.C=Cc1c2[n-]c(c1C)/C=C1\[N-]/C(=C3\c4[n-]c(c(C)c4C(=O)[C@@H]3C(=O)OC)/C=c3\[n-]/c(c(C=O)c3CC)=C\2)[C@@H](CCC(=O)OC/C=C(\C)CCC)[C@@H]1C.[Mg+2]. The van der Waals surface area contributed by atoms with Crippen LogP contribution in [-0.2, 0) is 25.5 Å². The summed E-state index contributed by atoms with van der Waals surface area (Å²) in [5.41, 5.74) is 8.76. The average Bonchev–Trinajstić information content (AvgIpc) is 3.87. The molecule has 10 nitrogen and oxygen atoms in total. The normalized spacial score (nSPS) is 21.6. The standard InChI is InChI=1S/C42H45N4O6.2CH4.Mg/c1-9-12-21(4)15-16-52-35(48)14-13-27-23(6)30-17-29-22(5)25(10-2)32(43-29)19-34-28(20-47)26(11-3)33(44-34)18-31-24(7)36-40(46-31)37(39(27)45-30)38(41(36)49)42(50)51-8;;;/h10,15,17-20,23,27,38H,2,9,11-14,16H2,1,3-8H3,(H-,45,46,47,49);2*1H4;/q-3;;;+2/p-1/b21-15+,30-17-,34-19-;;;/t23-,27-,38+;;;/m0.../s1. The molecule has 3 atom stereocenters. The first kappa shape index (κ1) is 44.8. The summed E-state index contributed by atoms with van der Waals surface area (Å²) in [7, 11) is 1.26. The van der Waals surface area contributed by atoms with E-state index in [0.717, 1.165) is 35.8 Å². The summed E-state index contributed by atoms with van der Waals surface area (Å²) in [5.74, 6) is -3.28. The number of carbonyl (C=O) groups is 4. The fraction of sp³-hybridized carbons (Fsp3) is 0.409. The van der Waals surface area contributed by atoms with E-state index in [1.807, 2.05) is 39.8 Å². The fourth-order valence-corrected chi connectivity index (χ4v) is 7.72. The number of hydrogen-bond donors (Lipinski definition) is 0. The first-order chi connectivity index (χ1) is 25.0. The fourth-order valence-electron chi connectivity index (χ4n) is 7.72. The molecule has 0 aromatic carbocycles. The van der Waals surface area contributed by atoms with E-state index in [9.17, 15) is 19.2 Å². The topological polar surface area (TPSA) is 143 Å². The van der Waals surface area contributed by atoms with Crippen molar-refractivity contribution in [3.8, 4) is 0 Å². The number of nitrogens with zero attached hydrogens (tertiary/aromatic N) is 4. The first-order valence-corrected chi connectivity index (χ1v) is 17.9. The summed E-state index contributed by atoms with van der Waals surface area (Å²) in [6.45, 7) is 16.1. The van der Waals surface area contributed by atoms with E-state index in [4.69, 9.17) is 29.7 Å². The van der Waals surface area contributed by atoms with Crippen molar-refractivity contribution >= 4 is 76.9 Å². The second-order valence-corrected chi connectivity index (χ2v) is 13.7. The van der Waals surface area contributed by atoms with Crippen molar-refractivity contribution < 1.29 is 28.7 Å². The molecule has 8 bridgehead atoms. The molecule has 3 aromatic heterocycles. The van der Waals surface area contributed by atoms with Gasteiger partial charge in [-0.25, -0.2) is 0 Å². The zero-order chi connectivity index (χ0) is 37.4. The molecule has 0 N–H and O–H groups in total. The predicted octanol–water partition coefficient (Wildman–Crippen LogP) is 6.50. The first-order valence-electron chi connectivity index (χ1n) is 17.9. The molecule has 3 aliphatic rings. The molecule has 0 spiro atoms. The van der Waals surface area contributed by atoms with Gasteiger partial charge in [-0.2, -0.15) is 11.4 Å². The van der Waals surface area contributed by atoms with Crippen LogP contribution in [0.3, 0.4) is 0 Å². The van der Waals surface area contributed by atoms with E-state index in [-0.39, 0.29) is 68.7 Å². The largest absolute Gasteiger partial charge is 2.00 e. The van der Waals surface area contributed by atoms with E-state index >= 15 is 0 Å². The van der Waals surface area contributed by atoms with Gasteiger partial charge in [0.1, 0.15) is 18.8 Å². The van der Waals surface area contributed by atoms with Crippen LogP contribution in [0.1, 0.15) is 134 Å². The Hall–Kier alpha value is -4.61. The van der Waals surface area contributed by atoms with Gasteiger partial charge in [-0.15, -0.1) is 33.5 Å². The van der Waals surface area contributed by atoms with E-state index in [2.05, 4.69) is 13.5 Å². The van der Waals surface area contributed by atoms with Gasteiger partial charge >= 0.3 is 35.0 Å². The predicted molar refractivity (Wildman–Crippen MR) is 219 cm³/mol. The van der Waals surface area contributed by atoms with Gasteiger partial charge in [-0.3, -0.25) is 19.2 Å². The number of hydrogen-bond acceptors (Lipinski definition) is 6. The van der Waals surface area contributed by atoms with Crippen molar-refractivity contribution in [2.45, 2.75) is 88.5 Å². The van der Waals surface area contributed by atoms with Crippen molar-refractivity contribution in [3.05, 3.63) is 102 Å². The zero-order valence-electron chi connectivity index (χ0n) is 31.6. The Bertz CT molecular complexity index is 2230. The number of Topliss-reactive ketones (excluding diaryl/α,β-unsaturated/α-hetero) is 1. The van der Waals surface area contributed by atoms with Crippen LogP contribution < -0.4 is 25.7 Å². The smallest absolute Gasteiger partial charge is 0.664 e. The van der Waals surface area contributed by atoms with E-state index in [1.54, 1.807) is 25.2 Å². The average molecular weight is 757 g/mol. The summed E-state index contributed by atoms with van der Waals surface area (Å²) >= 11 is 0. The Morgan fingerprint density at radius 3 is 2.27 bits per heavy atom. The van der Waals surface area contributed by atoms with Gasteiger partial charge in [0, 0.05) is 17.5 Å². The summed E-state index contributed by atoms with van der Waals surface area (Å²) in [6.07, 6.45) is 13.0. The second-order valence-electron chi connectivity index (χ2n) is 13.7. The molecule has 0 radical (unpaired) electrons. The van der Waals surface area contributed by atoms with Gasteiger partial charge in [-0.05, 0) is 63.5 Å². The summed E-state index contributed by atoms with van der Waals surface area (Å²) in [6, 6.07) is 0. The summed E-state index contributed by atoms with van der Waals surface area (Å²) < 4.78 is 10.8.